The maximum absolute atomic E-state index is 12.6. The van der Waals surface area contributed by atoms with E-state index in [1.54, 1.807) is 6.08 Å². The van der Waals surface area contributed by atoms with E-state index in [9.17, 15) is 19.0 Å². The molecular weight excluding hydrogens is 798 g/mol. The smallest absolute Gasteiger partial charge is 0.310 e. The van der Waals surface area contributed by atoms with Gasteiger partial charge in [0.2, 0.25) is 0 Å². The van der Waals surface area contributed by atoms with Gasteiger partial charge in [0.1, 0.15) is 19.8 Å². The molecule has 0 bridgehead atoms. The van der Waals surface area contributed by atoms with E-state index in [2.05, 4.69) is 68.5 Å². The van der Waals surface area contributed by atoms with Crippen molar-refractivity contribution in [2.45, 2.75) is 200 Å². The third kappa shape index (κ3) is 46.9. The van der Waals surface area contributed by atoms with Gasteiger partial charge in [-0.15, -0.1) is 0 Å². The van der Waals surface area contributed by atoms with Crippen molar-refractivity contribution in [3.05, 3.63) is 72.9 Å². The second-order valence-corrected chi connectivity index (χ2v) is 18.9. The summed E-state index contributed by atoms with van der Waals surface area (Å²) in [6.07, 6.45) is 55.5. The first-order chi connectivity index (χ1) is 30.0. The number of phosphoric ester groups is 1. The van der Waals surface area contributed by atoms with Gasteiger partial charge in [-0.2, -0.15) is 0 Å². The minimum absolute atomic E-state index is 0.00960. The number of hydrogen-bond acceptors (Lipinski definition) is 8. The highest BCUT2D eigenvalue weighted by Crippen LogP contribution is 2.38. The fourth-order valence-corrected chi connectivity index (χ4v) is 7.16. The summed E-state index contributed by atoms with van der Waals surface area (Å²) in [5, 5.41) is 0. The molecule has 0 aromatic heterocycles. The van der Waals surface area contributed by atoms with Gasteiger partial charge >= 0.3 is 11.9 Å². The number of unbranched alkanes of at least 4 members (excludes halogenated alkanes) is 19. The van der Waals surface area contributed by atoms with Gasteiger partial charge in [0.25, 0.3) is 7.82 Å². The van der Waals surface area contributed by atoms with Gasteiger partial charge in [-0.3, -0.25) is 14.2 Å². The van der Waals surface area contributed by atoms with Crippen molar-refractivity contribution in [2.24, 2.45) is 0 Å². The maximum Gasteiger partial charge on any atom is 0.310 e. The van der Waals surface area contributed by atoms with E-state index in [-0.39, 0.29) is 26.1 Å². The van der Waals surface area contributed by atoms with Gasteiger partial charge in [-0.05, 0) is 64.2 Å². The highest BCUT2D eigenvalue weighted by atomic mass is 31.2. The first-order valence-corrected chi connectivity index (χ1v) is 26.1. The number of carbonyl (C=O) groups is 2. The number of carbonyl (C=O) groups excluding carboxylic acids is 2. The number of esters is 2. The number of phosphoric acid groups is 1. The summed E-state index contributed by atoms with van der Waals surface area (Å²) in [5.41, 5.74) is 0. The molecule has 0 aromatic carbocycles. The molecule has 0 aromatic rings. The van der Waals surface area contributed by atoms with Crippen LogP contribution in [0.4, 0.5) is 0 Å². The van der Waals surface area contributed by atoms with Gasteiger partial charge in [0.15, 0.2) is 6.10 Å². The molecule has 2 atom stereocenters. The van der Waals surface area contributed by atoms with E-state index >= 15 is 0 Å². The second kappa shape index (κ2) is 43.7. The van der Waals surface area contributed by atoms with Crippen LogP contribution in [0.25, 0.3) is 0 Å². The van der Waals surface area contributed by atoms with Gasteiger partial charge < -0.3 is 27.9 Å². The van der Waals surface area contributed by atoms with Crippen LogP contribution < -0.4 is 4.89 Å². The number of likely N-dealkylation sites (N-methyl/N-ethyl adjacent to an activating group) is 1. The number of ether oxygens (including phenoxy) is 2. The molecule has 0 spiro atoms. The highest BCUT2D eigenvalue weighted by Gasteiger charge is 2.21. The summed E-state index contributed by atoms with van der Waals surface area (Å²) in [4.78, 5) is 37.6. The van der Waals surface area contributed by atoms with Crippen LogP contribution in [0.2, 0.25) is 0 Å². The summed E-state index contributed by atoms with van der Waals surface area (Å²) in [6.45, 7) is 4.00. The Morgan fingerprint density at radius 1 is 0.532 bits per heavy atom. The zero-order valence-electron chi connectivity index (χ0n) is 40.3. The zero-order valence-corrected chi connectivity index (χ0v) is 41.2. The van der Waals surface area contributed by atoms with Crippen molar-refractivity contribution < 1.29 is 42.1 Å². The Balaban J connectivity index is 4.31. The number of quaternary nitrogens is 1. The molecule has 10 heteroatoms. The molecular formula is C52H92NO8P. The maximum atomic E-state index is 12.6. The van der Waals surface area contributed by atoms with Gasteiger partial charge in [0.05, 0.1) is 34.2 Å². The molecule has 62 heavy (non-hydrogen) atoms. The monoisotopic (exact) mass is 890 g/mol. The normalized spacial score (nSPS) is 14.1. The van der Waals surface area contributed by atoms with Crippen molar-refractivity contribution in [3.8, 4) is 0 Å². The molecule has 0 saturated carbocycles. The molecule has 0 aliphatic heterocycles. The van der Waals surface area contributed by atoms with Crippen molar-refractivity contribution in [1.82, 2.24) is 0 Å². The predicted molar refractivity (Wildman–Crippen MR) is 259 cm³/mol. The molecule has 0 N–H and O–H groups in total. The van der Waals surface area contributed by atoms with Crippen molar-refractivity contribution in [3.63, 3.8) is 0 Å². The van der Waals surface area contributed by atoms with Crippen LogP contribution in [-0.4, -0.2) is 70.0 Å². The lowest BCUT2D eigenvalue weighted by atomic mass is 10.0. The molecule has 2 unspecified atom stereocenters. The standard InChI is InChI=1S/C52H92NO8P/c1-6-8-10-12-14-16-18-20-22-23-24-25-26-27-28-29-31-32-34-36-38-40-42-44-51(54)58-48-50(49-60-62(56,57)59-47-46-53(3,4)5)61-52(55)45-43-41-39-37-35-33-30-21-19-17-15-13-11-9-7-2/h9,11,15,17,21,23-24,30,35,37,41,43,50H,6-8,10,12-14,16,18-20,22,25-29,31-34,36,38-40,42,44-49H2,1-5H3/b11-9-,17-15-,24-23-,30-21-,37-35-,43-41-. The lowest BCUT2D eigenvalue weighted by Gasteiger charge is -2.28. The third-order valence-electron chi connectivity index (χ3n) is 10.2. The fourth-order valence-electron chi connectivity index (χ4n) is 6.43. The second-order valence-electron chi connectivity index (χ2n) is 17.5. The Kier molecular flexibility index (Phi) is 41.9. The van der Waals surface area contributed by atoms with Crippen LogP contribution in [-0.2, 0) is 32.7 Å². The van der Waals surface area contributed by atoms with E-state index in [1.807, 2.05) is 33.3 Å². The molecule has 0 fully saturated rings. The third-order valence-corrected chi connectivity index (χ3v) is 11.2. The number of nitrogens with zero attached hydrogens (tertiary/aromatic N) is 1. The first-order valence-electron chi connectivity index (χ1n) is 24.6. The van der Waals surface area contributed by atoms with Crippen LogP contribution in [0.15, 0.2) is 72.9 Å². The molecule has 0 heterocycles. The number of rotatable bonds is 44. The average Bonchev–Trinajstić information content (AvgIpc) is 3.23. The molecule has 0 radical (unpaired) electrons. The van der Waals surface area contributed by atoms with Crippen LogP contribution in [0.1, 0.15) is 194 Å². The summed E-state index contributed by atoms with van der Waals surface area (Å²) < 4.78 is 33.8. The van der Waals surface area contributed by atoms with Crippen molar-refractivity contribution in [1.29, 1.82) is 0 Å². The molecule has 358 valence electrons. The Hall–Kier alpha value is -2.55. The largest absolute Gasteiger partial charge is 0.756 e. The van der Waals surface area contributed by atoms with E-state index < -0.39 is 32.5 Å². The average molecular weight is 890 g/mol. The lowest BCUT2D eigenvalue weighted by Crippen LogP contribution is -2.37. The molecule has 0 amide bonds. The van der Waals surface area contributed by atoms with Crippen LogP contribution in [0, 0.1) is 0 Å². The minimum Gasteiger partial charge on any atom is -0.756 e. The first kappa shape index (κ1) is 59.5. The van der Waals surface area contributed by atoms with E-state index in [0.29, 0.717) is 23.9 Å². The Bertz CT molecular complexity index is 1280. The van der Waals surface area contributed by atoms with Gasteiger partial charge in [0, 0.05) is 6.42 Å². The zero-order chi connectivity index (χ0) is 45.7. The van der Waals surface area contributed by atoms with E-state index in [4.69, 9.17) is 18.5 Å². The summed E-state index contributed by atoms with van der Waals surface area (Å²) in [5.74, 6) is -0.984. The molecule has 0 rings (SSSR count). The summed E-state index contributed by atoms with van der Waals surface area (Å²) >= 11 is 0. The summed E-state index contributed by atoms with van der Waals surface area (Å²) in [6, 6.07) is 0. The predicted octanol–water partition coefficient (Wildman–Crippen LogP) is 13.9. The van der Waals surface area contributed by atoms with Crippen LogP contribution in [0.5, 0.6) is 0 Å². The lowest BCUT2D eigenvalue weighted by molar-refractivity contribution is -0.870. The van der Waals surface area contributed by atoms with Gasteiger partial charge in [-0.1, -0.05) is 189 Å². The highest BCUT2D eigenvalue weighted by molar-refractivity contribution is 7.45. The number of allylic oxidation sites excluding steroid dienone is 11. The Morgan fingerprint density at radius 2 is 0.968 bits per heavy atom. The summed E-state index contributed by atoms with van der Waals surface area (Å²) in [7, 11) is 1.10. The Morgan fingerprint density at radius 3 is 1.44 bits per heavy atom. The molecule has 0 saturated heterocycles. The number of hydrogen-bond donors (Lipinski definition) is 0. The van der Waals surface area contributed by atoms with Crippen LogP contribution in [0.3, 0.4) is 0 Å². The molecule has 9 nitrogen and oxygen atoms in total. The minimum atomic E-state index is -4.66. The topological polar surface area (TPSA) is 111 Å². The Labute approximate surface area is 380 Å². The fraction of sp³-hybridized carbons (Fsp3) is 0.731. The quantitative estimate of drug-likeness (QED) is 0.0195. The van der Waals surface area contributed by atoms with Crippen LogP contribution >= 0.6 is 7.82 Å². The molecule has 0 aliphatic carbocycles. The van der Waals surface area contributed by atoms with E-state index in [0.717, 1.165) is 44.9 Å². The van der Waals surface area contributed by atoms with Crippen molar-refractivity contribution >= 4 is 19.8 Å². The molecule has 0 aliphatic rings. The van der Waals surface area contributed by atoms with Crippen molar-refractivity contribution in [2.75, 3.05) is 47.5 Å². The SMILES string of the molecule is CC/C=C\C/C=C\C/C=C\C/C=C\C/C=C\CC(=O)OC(COC(=O)CCCCCCCCCCCCC/C=C\CCCCCCCCCC)COP(=O)([O-])OCC[N+](C)(C)C. The van der Waals surface area contributed by atoms with Gasteiger partial charge in [-0.25, -0.2) is 0 Å². The van der Waals surface area contributed by atoms with E-state index in [1.165, 1.54) is 109 Å².